The molecule has 5 rings (SSSR count). The van der Waals surface area contributed by atoms with Crippen molar-refractivity contribution in [2.24, 2.45) is 0 Å². The molecule has 11 nitrogen and oxygen atoms in total. The zero-order valence-corrected chi connectivity index (χ0v) is 20.9. The first-order valence-electron chi connectivity index (χ1n) is 11.1. The fourth-order valence-electron chi connectivity index (χ4n) is 3.79. The molecule has 0 radical (unpaired) electrons. The molecule has 38 heavy (non-hydrogen) atoms. The van der Waals surface area contributed by atoms with Gasteiger partial charge in [0.1, 0.15) is 11.1 Å². The molecule has 0 fully saturated rings. The van der Waals surface area contributed by atoms with Crippen molar-refractivity contribution in [1.29, 1.82) is 0 Å². The number of hydrogen-bond acceptors (Lipinski definition) is 9. The van der Waals surface area contributed by atoms with Crippen LogP contribution >= 0.6 is 0 Å². The number of fused-ring (bicyclic) bond motifs is 3. The van der Waals surface area contributed by atoms with Crippen molar-refractivity contribution in [2.45, 2.75) is 4.90 Å². The molecule has 0 unspecified atom stereocenters. The van der Waals surface area contributed by atoms with E-state index in [0.717, 1.165) is 10.8 Å². The van der Waals surface area contributed by atoms with Crippen LogP contribution in [0.25, 0.3) is 21.7 Å². The van der Waals surface area contributed by atoms with E-state index in [2.05, 4.69) is 20.0 Å². The summed E-state index contributed by atoms with van der Waals surface area (Å²) in [5.74, 6) is -0.636. The number of methoxy groups -OCH3 is 2. The summed E-state index contributed by atoms with van der Waals surface area (Å²) in [6.07, 6.45) is 0. The van der Waals surface area contributed by atoms with E-state index in [4.69, 9.17) is 13.9 Å². The van der Waals surface area contributed by atoms with E-state index in [-0.39, 0.29) is 33.9 Å². The predicted octanol–water partition coefficient (Wildman–Crippen LogP) is 3.81. The van der Waals surface area contributed by atoms with E-state index < -0.39 is 21.6 Å². The highest BCUT2D eigenvalue weighted by atomic mass is 32.2. The minimum Gasteiger partial charge on any atom is -0.481 e. The smallest absolute Gasteiger partial charge is 0.349 e. The summed E-state index contributed by atoms with van der Waals surface area (Å²) in [5.41, 5.74) is -0.328. The molecule has 3 aromatic carbocycles. The van der Waals surface area contributed by atoms with Gasteiger partial charge in [0.05, 0.1) is 19.1 Å². The number of ether oxygens (including phenoxy) is 2. The van der Waals surface area contributed by atoms with Crippen molar-refractivity contribution in [1.82, 2.24) is 9.97 Å². The third kappa shape index (κ3) is 4.84. The highest BCUT2D eigenvalue weighted by molar-refractivity contribution is 7.92. The fourth-order valence-corrected chi connectivity index (χ4v) is 4.79. The van der Waals surface area contributed by atoms with Crippen LogP contribution in [0.1, 0.15) is 10.4 Å². The number of carbonyl (C=O) groups is 1. The normalized spacial score (nSPS) is 11.3. The molecular weight excluding hydrogens is 512 g/mol. The van der Waals surface area contributed by atoms with E-state index in [9.17, 15) is 18.0 Å². The van der Waals surface area contributed by atoms with Gasteiger partial charge in [-0.1, -0.05) is 30.3 Å². The van der Waals surface area contributed by atoms with Crippen LogP contribution in [0, 0.1) is 0 Å². The maximum atomic E-state index is 12.9. The van der Waals surface area contributed by atoms with Crippen molar-refractivity contribution in [3.05, 3.63) is 88.8 Å². The van der Waals surface area contributed by atoms with Crippen LogP contribution in [0.5, 0.6) is 11.9 Å². The molecular formula is C26H20N4O7S. The molecule has 2 aromatic heterocycles. The maximum absolute atomic E-state index is 12.9. The first-order valence-corrected chi connectivity index (χ1v) is 12.6. The fraction of sp³-hybridized carbons (Fsp3) is 0.0769. The van der Waals surface area contributed by atoms with Gasteiger partial charge in [0.2, 0.25) is 5.88 Å². The van der Waals surface area contributed by atoms with Gasteiger partial charge in [0, 0.05) is 17.1 Å². The molecule has 0 spiro atoms. The number of carbonyl (C=O) groups excluding carboxylic acids is 1. The van der Waals surface area contributed by atoms with Crippen molar-refractivity contribution in [3.63, 3.8) is 0 Å². The predicted molar refractivity (Wildman–Crippen MR) is 140 cm³/mol. The molecule has 192 valence electrons. The Labute approximate surface area is 216 Å². The van der Waals surface area contributed by atoms with Crippen LogP contribution in [0.4, 0.5) is 11.5 Å². The number of hydrogen-bond donors (Lipinski definition) is 2. The van der Waals surface area contributed by atoms with Crippen molar-refractivity contribution in [2.75, 3.05) is 24.3 Å². The molecule has 12 heteroatoms. The number of nitrogens with zero attached hydrogens (tertiary/aromatic N) is 2. The zero-order valence-electron chi connectivity index (χ0n) is 20.1. The van der Waals surface area contributed by atoms with E-state index in [1.807, 2.05) is 30.3 Å². The molecule has 0 atom stereocenters. The van der Waals surface area contributed by atoms with Gasteiger partial charge < -0.3 is 19.2 Å². The number of amides is 1. The Morgan fingerprint density at radius 2 is 1.66 bits per heavy atom. The van der Waals surface area contributed by atoms with Gasteiger partial charge in [-0.3, -0.25) is 9.52 Å². The third-order valence-electron chi connectivity index (χ3n) is 5.62. The Bertz CT molecular complexity index is 1830. The lowest BCUT2D eigenvalue weighted by Gasteiger charge is -2.10. The van der Waals surface area contributed by atoms with E-state index in [0.29, 0.717) is 11.0 Å². The number of nitrogens with one attached hydrogen (secondary N) is 2. The second-order valence-electron chi connectivity index (χ2n) is 8.01. The van der Waals surface area contributed by atoms with Gasteiger partial charge in [-0.05, 0) is 47.2 Å². The zero-order chi connectivity index (χ0) is 26.9. The van der Waals surface area contributed by atoms with Gasteiger partial charge in [0.25, 0.3) is 15.9 Å². The lowest BCUT2D eigenvalue weighted by atomic mass is 10.0. The molecule has 0 bridgehead atoms. The summed E-state index contributed by atoms with van der Waals surface area (Å²) in [4.78, 5) is 33.2. The van der Waals surface area contributed by atoms with Gasteiger partial charge in [-0.25, -0.2) is 13.2 Å². The molecule has 0 aliphatic heterocycles. The second-order valence-corrected chi connectivity index (χ2v) is 9.69. The molecule has 5 aromatic rings. The van der Waals surface area contributed by atoms with E-state index >= 15 is 0 Å². The summed E-state index contributed by atoms with van der Waals surface area (Å²) in [5, 5.41) is 5.00. The number of benzene rings is 3. The quantitative estimate of drug-likeness (QED) is 0.236. The van der Waals surface area contributed by atoms with Crippen LogP contribution in [0.2, 0.25) is 0 Å². The van der Waals surface area contributed by atoms with Crippen LogP contribution in [-0.2, 0) is 10.0 Å². The molecule has 0 aliphatic rings. The Morgan fingerprint density at radius 3 is 2.39 bits per heavy atom. The summed E-state index contributed by atoms with van der Waals surface area (Å²) in [6.45, 7) is 0. The first-order chi connectivity index (χ1) is 18.3. The average molecular weight is 533 g/mol. The standard InChI is InChI=1S/C26H20N4O7S/c1-35-23-14-22(28-26(29-23)36-2)30-38(33,34)17-10-8-16(9-11-17)27-24(31)20-13-19-18-6-4-3-5-15(18)7-12-21(19)37-25(20)32/h3-14H,1-2H3,(H,27,31)(H,28,29,30). The van der Waals surface area contributed by atoms with Gasteiger partial charge in [-0.15, -0.1) is 0 Å². The highest BCUT2D eigenvalue weighted by Gasteiger charge is 2.19. The van der Waals surface area contributed by atoms with E-state index in [1.165, 1.54) is 50.6 Å². The highest BCUT2D eigenvalue weighted by Crippen LogP contribution is 2.26. The number of anilines is 2. The summed E-state index contributed by atoms with van der Waals surface area (Å²) in [6, 6.07) is 19.2. The topological polar surface area (TPSA) is 150 Å². The molecule has 2 heterocycles. The Kier molecular flexibility index (Phi) is 6.39. The van der Waals surface area contributed by atoms with Crippen LogP contribution in [0.15, 0.2) is 86.9 Å². The summed E-state index contributed by atoms with van der Waals surface area (Å²) >= 11 is 0. The van der Waals surface area contributed by atoms with Gasteiger partial charge in [0.15, 0.2) is 5.82 Å². The van der Waals surface area contributed by atoms with Crippen molar-refractivity contribution >= 4 is 49.2 Å². The lowest BCUT2D eigenvalue weighted by molar-refractivity contribution is 0.102. The summed E-state index contributed by atoms with van der Waals surface area (Å²) < 4.78 is 43.4. The summed E-state index contributed by atoms with van der Waals surface area (Å²) in [7, 11) is -1.33. The number of sulfonamides is 1. The minimum absolute atomic E-state index is 0.0540. The molecule has 0 aliphatic carbocycles. The Balaban J connectivity index is 1.38. The maximum Gasteiger partial charge on any atom is 0.349 e. The van der Waals surface area contributed by atoms with Crippen LogP contribution < -0.4 is 25.1 Å². The molecule has 0 saturated carbocycles. The molecule has 0 saturated heterocycles. The SMILES string of the molecule is COc1cc(NS(=O)(=O)c2ccc(NC(=O)c3cc4c(ccc5ccccc54)oc3=O)cc2)nc(OC)n1. The monoisotopic (exact) mass is 532 g/mol. The van der Waals surface area contributed by atoms with Crippen molar-refractivity contribution < 1.29 is 27.1 Å². The molecule has 2 N–H and O–H groups in total. The number of rotatable bonds is 7. The average Bonchev–Trinajstić information content (AvgIpc) is 2.92. The van der Waals surface area contributed by atoms with Crippen LogP contribution in [0.3, 0.4) is 0 Å². The third-order valence-corrected chi connectivity index (χ3v) is 6.99. The number of aromatic nitrogens is 2. The Hall–Kier alpha value is -4.97. The van der Waals surface area contributed by atoms with Crippen molar-refractivity contribution in [3.8, 4) is 11.9 Å². The Morgan fingerprint density at radius 1 is 0.895 bits per heavy atom. The lowest BCUT2D eigenvalue weighted by Crippen LogP contribution is -2.20. The first kappa shape index (κ1) is 24.7. The largest absolute Gasteiger partial charge is 0.481 e. The van der Waals surface area contributed by atoms with Gasteiger partial charge >= 0.3 is 11.6 Å². The second kappa shape index (κ2) is 9.82. The van der Waals surface area contributed by atoms with Crippen LogP contribution in [-0.4, -0.2) is 38.5 Å². The van der Waals surface area contributed by atoms with Gasteiger partial charge in [-0.2, -0.15) is 9.97 Å². The molecule has 1 amide bonds. The minimum atomic E-state index is -4.04. The van der Waals surface area contributed by atoms with E-state index in [1.54, 1.807) is 6.07 Å².